The van der Waals surface area contributed by atoms with Gasteiger partial charge in [-0.05, 0) is 49.5 Å². The van der Waals surface area contributed by atoms with Crippen molar-refractivity contribution < 1.29 is 0 Å². The molecular weight excluding hydrogens is 607 g/mol. The molecule has 0 radical (unpaired) electrons. The van der Waals surface area contributed by atoms with E-state index < -0.39 is 0 Å². The van der Waals surface area contributed by atoms with Crippen LogP contribution in [0.25, 0.3) is 89.1 Å². The normalized spacial score (nSPS) is 11.2. The molecule has 0 fully saturated rings. The topological polar surface area (TPSA) is 38.7 Å². The molecule has 0 saturated heterocycles. The van der Waals surface area contributed by atoms with E-state index in [2.05, 4.69) is 170 Å². The van der Waals surface area contributed by atoms with Crippen molar-refractivity contribution in [3.05, 3.63) is 188 Å². The highest BCUT2D eigenvalue weighted by Crippen LogP contribution is 2.41. The number of nitrogens with zero attached hydrogens (tertiary/aromatic N) is 3. The fourth-order valence-electron chi connectivity index (χ4n) is 6.95. The van der Waals surface area contributed by atoms with Crippen molar-refractivity contribution in [1.82, 2.24) is 15.0 Å². The Kier molecular flexibility index (Phi) is 7.49. The zero-order valence-electron chi connectivity index (χ0n) is 27.2. The average molecular weight is 638 g/mol. The fourth-order valence-corrected chi connectivity index (χ4v) is 6.95. The van der Waals surface area contributed by atoms with Gasteiger partial charge in [-0.15, -0.1) is 0 Å². The number of benzene rings is 8. The van der Waals surface area contributed by atoms with Gasteiger partial charge in [0.2, 0.25) is 0 Å². The Hall–Kier alpha value is -6.71. The van der Waals surface area contributed by atoms with Gasteiger partial charge < -0.3 is 0 Å². The number of aromatic nitrogens is 3. The van der Waals surface area contributed by atoms with Crippen LogP contribution in [-0.4, -0.2) is 15.0 Å². The lowest BCUT2D eigenvalue weighted by Crippen LogP contribution is -2.00. The number of hydrogen-bond donors (Lipinski definition) is 0. The largest absolute Gasteiger partial charge is 0.208 e. The minimum Gasteiger partial charge on any atom is -0.208 e. The molecule has 0 aliphatic heterocycles. The Bertz CT molecular complexity index is 2560. The maximum atomic E-state index is 5.17. The highest BCUT2D eigenvalue weighted by atomic mass is 15.0. The van der Waals surface area contributed by atoms with Crippen molar-refractivity contribution in [3.63, 3.8) is 0 Å². The van der Waals surface area contributed by atoms with Crippen LogP contribution in [0.2, 0.25) is 0 Å². The van der Waals surface area contributed by atoms with E-state index in [0.717, 1.165) is 33.0 Å². The smallest absolute Gasteiger partial charge is 0.164 e. The van der Waals surface area contributed by atoms with Gasteiger partial charge in [0.15, 0.2) is 17.5 Å². The third-order valence-corrected chi connectivity index (χ3v) is 9.34. The maximum Gasteiger partial charge on any atom is 0.164 e. The van der Waals surface area contributed by atoms with Crippen molar-refractivity contribution in [2.45, 2.75) is 0 Å². The third kappa shape index (κ3) is 5.41. The van der Waals surface area contributed by atoms with Gasteiger partial charge in [-0.2, -0.15) is 0 Å². The molecule has 1 aromatic heterocycles. The van der Waals surface area contributed by atoms with Crippen LogP contribution in [0, 0.1) is 0 Å². The number of fused-ring (bicyclic) bond motifs is 3. The second-order valence-electron chi connectivity index (χ2n) is 12.4. The molecule has 3 heteroatoms. The third-order valence-electron chi connectivity index (χ3n) is 9.34. The Morgan fingerprint density at radius 2 is 0.700 bits per heavy atom. The van der Waals surface area contributed by atoms with Crippen LogP contribution in [0.1, 0.15) is 0 Å². The Labute approximate surface area is 291 Å². The van der Waals surface area contributed by atoms with Crippen molar-refractivity contribution in [2.75, 3.05) is 0 Å². The first-order chi connectivity index (χ1) is 24.8. The second-order valence-corrected chi connectivity index (χ2v) is 12.4. The molecule has 0 atom stereocenters. The first-order valence-corrected chi connectivity index (χ1v) is 16.9. The van der Waals surface area contributed by atoms with E-state index in [4.69, 9.17) is 15.0 Å². The van der Waals surface area contributed by atoms with Gasteiger partial charge >= 0.3 is 0 Å². The molecule has 3 nitrogen and oxygen atoms in total. The van der Waals surface area contributed by atoms with Gasteiger partial charge in [0.05, 0.1) is 0 Å². The molecule has 0 saturated carbocycles. The van der Waals surface area contributed by atoms with Crippen LogP contribution in [0.5, 0.6) is 0 Å². The highest BCUT2D eigenvalue weighted by molar-refractivity contribution is 6.13. The van der Waals surface area contributed by atoms with Crippen LogP contribution >= 0.6 is 0 Å². The van der Waals surface area contributed by atoms with E-state index in [1.54, 1.807) is 0 Å². The predicted octanol–water partition coefficient (Wildman–Crippen LogP) is 12.2. The van der Waals surface area contributed by atoms with Crippen molar-refractivity contribution in [3.8, 4) is 67.5 Å². The van der Waals surface area contributed by atoms with Crippen molar-refractivity contribution >= 4 is 21.5 Å². The molecule has 9 rings (SSSR count). The summed E-state index contributed by atoms with van der Waals surface area (Å²) in [5.74, 6) is 1.94. The van der Waals surface area contributed by atoms with E-state index in [9.17, 15) is 0 Å². The fraction of sp³-hybridized carbons (Fsp3) is 0. The minimum absolute atomic E-state index is 0.636. The quantitative estimate of drug-likeness (QED) is 0.170. The van der Waals surface area contributed by atoms with E-state index in [0.29, 0.717) is 17.5 Å². The summed E-state index contributed by atoms with van der Waals surface area (Å²) in [6.07, 6.45) is 0. The van der Waals surface area contributed by atoms with Crippen LogP contribution in [0.3, 0.4) is 0 Å². The van der Waals surface area contributed by atoms with Crippen LogP contribution in [-0.2, 0) is 0 Å². The molecule has 50 heavy (non-hydrogen) atoms. The SMILES string of the molecule is c1ccc(-c2nc(-c3ccc(-c4c(-c5ccccc5)cccc4-c4ccccc4)cc3)nc(-c3cccc4ccc5ccccc5c34)n2)cc1. The summed E-state index contributed by atoms with van der Waals surface area (Å²) < 4.78 is 0. The molecule has 8 aromatic carbocycles. The number of rotatable bonds is 6. The standard InChI is InChI=1S/C47H31N3/c1-4-14-32(15-5-1)40-23-13-24-41(33-16-6-2-7-17-33)43(40)36-28-30-38(31-29-36)46-48-45(37-19-8-3-9-20-37)49-47(50-46)42-25-12-21-35-27-26-34-18-10-11-22-39(34)44(35)42/h1-31H. The van der Waals surface area contributed by atoms with Crippen molar-refractivity contribution in [2.24, 2.45) is 0 Å². The lowest BCUT2D eigenvalue weighted by molar-refractivity contribution is 1.08. The zero-order valence-corrected chi connectivity index (χ0v) is 27.2. The van der Waals surface area contributed by atoms with E-state index >= 15 is 0 Å². The molecule has 0 N–H and O–H groups in total. The molecule has 0 spiro atoms. The minimum atomic E-state index is 0.636. The summed E-state index contributed by atoms with van der Waals surface area (Å²) >= 11 is 0. The summed E-state index contributed by atoms with van der Waals surface area (Å²) in [6.45, 7) is 0. The zero-order chi connectivity index (χ0) is 33.3. The molecule has 0 bridgehead atoms. The summed E-state index contributed by atoms with van der Waals surface area (Å²) in [4.78, 5) is 15.3. The van der Waals surface area contributed by atoms with E-state index in [1.165, 1.54) is 38.6 Å². The summed E-state index contributed by atoms with van der Waals surface area (Å²) in [7, 11) is 0. The summed E-state index contributed by atoms with van der Waals surface area (Å²) in [6, 6.07) is 65.8. The monoisotopic (exact) mass is 637 g/mol. The van der Waals surface area contributed by atoms with Gasteiger partial charge in [0.1, 0.15) is 0 Å². The number of hydrogen-bond acceptors (Lipinski definition) is 3. The predicted molar refractivity (Wildman–Crippen MR) is 207 cm³/mol. The van der Waals surface area contributed by atoms with Crippen LogP contribution < -0.4 is 0 Å². The highest BCUT2D eigenvalue weighted by Gasteiger charge is 2.17. The molecular formula is C47H31N3. The molecule has 0 amide bonds. The van der Waals surface area contributed by atoms with Gasteiger partial charge in [-0.25, -0.2) is 15.0 Å². The summed E-state index contributed by atoms with van der Waals surface area (Å²) in [5.41, 5.74) is 9.93. The van der Waals surface area contributed by atoms with Crippen molar-refractivity contribution in [1.29, 1.82) is 0 Å². The van der Waals surface area contributed by atoms with Gasteiger partial charge in [0.25, 0.3) is 0 Å². The first-order valence-electron chi connectivity index (χ1n) is 16.9. The first kappa shape index (κ1) is 29.4. The van der Waals surface area contributed by atoms with E-state index in [1.807, 2.05) is 18.2 Å². The van der Waals surface area contributed by atoms with Gasteiger partial charge in [0, 0.05) is 22.1 Å². The van der Waals surface area contributed by atoms with Crippen LogP contribution in [0.15, 0.2) is 188 Å². The Balaban J connectivity index is 1.22. The second kappa shape index (κ2) is 12.7. The summed E-state index contributed by atoms with van der Waals surface area (Å²) in [5, 5.41) is 4.66. The average Bonchev–Trinajstić information content (AvgIpc) is 3.21. The Morgan fingerprint density at radius 1 is 0.260 bits per heavy atom. The van der Waals surface area contributed by atoms with Gasteiger partial charge in [-0.1, -0.05) is 188 Å². The van der Waals surface area contributed by atoms with Gasteiger partial charge in [-0.3, -0.25) is 0 Å². The maximum absolute atomic E-state index is 5.17. The lowest BCUT2D eigenvalue weighted by atomic mass is 9.87. The van der Waals surface area contributed by atoms with E-state index in [-0.39, 0.29) is 0 Å². The molecule has 234 valence electrons. The molecule has 0 aliphatic carbocycles. The molecule has 1 heterocycles. The molecule has 0 aliphatic rings. The van der Waals surface area contributed by atoms with Crippen LogP contribution in [0.4, 0.5) is 0 Å². The Morgan fingerprint density at radius 3 is 1.34 bits per heavy atom. The lowest BCUT2D eigenvalue weighted by Gasteiger charge is -2.17. The molecule has 0 unspecified atom stereocenters. The molecule has 9 aromatic rings.